The van der Waals surface area contributed by atoms with Gasteiger partial charge in [0.15, 0.2) is 0 Å². The van der Waals surface area contributed by atoms with E-state index in [2.05, 4.69) is 18.7 Å². The Morgan fingerprint density at radius 1 is 1.47 bits per heavy atom. The Morgan fingerprint density at radius 3 is 3.13 bits per heavy atom. The standard InChI is InChI=1S/C13H25NO/c1-3-4-8-15-11-13-6-5-7-14(13)10-12(2)9-13/h12H,3-11H2,1-2H3/t12-,13+/m1/s1. The second-order valence-electron chi connectivity index (χ2n) is 5.49. The summed E-state index contributed by atoms with van der Waals surface area (Å²) in [6.45, 7) is 9.16. The minimum Gasteiger partial charge on any atom is -0.380 e. The Labute approximate surface area is 94.0 Å². The Morgan fingerprint density at radius 2 is 2.33 bits per heavy atom. The molecule has 2 heterocycles. The van der Waals surface area contributed by atoms with Crippen LogP contribution in [0.15, 0.2) is 0 Å². The maximum atomic E-state index is 5.87. The van der Waals surface area contributed by atoms with Crippen LogP contribution in [0.1, 0.15) is 46.0 Å². The van der Waals surface area contributed by atoms with Gasteiger partial charge >= 0.3 is 0 Å². The smallest absolute Gasteiger partial charge is 0.0650 e. The fraction of sp³-hybridized carbons (Fsp3) is 1.00. The molecular weight excluding hydrogens is 186 g/mol. The summed E-state index contributed by atoms with van der Waals surface area (Å²) < 4.78 is 5.87. The third-order valence-corrected chi connectivity index (χ3v) is 4.01. The van der Waals surface area contributed by atoms with Crippen LogP contribution in [0.5, 0.6) is 0 Å². The molecule has 0 amide bonds. The maximum absolute atomic E-state index is 5.87. The topological polar surface area (TPSA) is 12.5 Å². The summed E-state index contributed by atoms with van der Waals surface area (Å²) in [6, 6.07) is 0. The molecule has 0 N–H and O–H groups in total. The van der Waals surface area contributed by atoms with Gasteiger partial charge in [-0.05, 0) is 38.1 Å². The number of nitrogens with zero attached hydrogens (tertiary/aromatic N) is 1. The number of rotatable bonds is 5. The van der Waals surface area contributed by atoms with Gasteiger partial charge in [-0.25, -0.2) is 0 Å². The Balaban J connectivity index is 1.82. The highest BCUT2D eigenvalue weighted by molar-refractivity contribution is 5.02. The van der Waals surface area contributed by atoms with Gasteiger partial charge in [-0.2, -0.15) is 0 Å². The summed E-state index contributed by atoms with van der Waals surface area (Å²) in [4.78, 5) is 2.68. The largest absolute Gasteiger partial charge is 0.380 e. The summed E-state index contributed by atoms with van der Waals surface area (Å²) in [5, 5.41) is 0. The first-order valence-corrected chi connectivity index (χ1v) is 6.60. The van der Waals surface area contributed by atoms with Gasteiger partial charge in [0.2, 0.25) is 0 Å². The van der Waals surface area contributed by atoms with Crippen molar-refractivity contribution in [2.75, 3.05) is 26.3 Å². The van der Waals surface area contributed by atoms with Crippen molar-refractivity contribution < 1.29 is 4.74 Å². The molecule has 2 saturated heterocycles. The van der Waals surface area contributed by atoms with Crippen molar-refractivity contribution in [1.29, 1.82) is 0 Å². The number of hydrogen-bond donors (Lipinski definition) is 0. The van der Waals surface area contributed by atoms with Crippen molar-refractivity contribution >= 4 is 0 Å². The van der Waals surface area contributed by atoms with Crippen LogP contribution in [0.3, 0.4) is 0 Å². The highest BCUT2D eigenvalue weighted by Crippen LogP contribution is 2.41. The van der Waals surface area contributed by atoms with Crippen LogP contribution in [0, 0.1) is 5.92 Å². The van der Waals surface area contributed by atoms with Crippen molar-refractivity contribution in [3.63, 3.8) is 0 Å². The van der Waals surface area contributed by atoms with E-state index in [-0.39, 0.29) is 0 Å². The number of fused-ring (bicyclic) bond motifs is 1. The predicted octanol–water partition coefficient (Wildman–Crippen LogP) is 2.68. The van der Waals surface area contributed by atoms with Crippen LogP contribution in [0.2, 0.25) is 0 Å². The minimum atomic E-state index is 0.438. The molecule has 0 aromatic heterocycles. The summed E-state index contributed by atoms with van der Waals surface area (Å²) in [7, 11) is 0. The van der Waals surface area contributed by atoms with E-state index in [4.69, 9.17) is 4.74 Å². The number of hydrogen-bond acceptors (Lipinski definition) is 2. The van der Waals surface area contributed by atoms with Gasteiger partial charge in [-0.1, -0.05) is 20.3 Å². The zero-order chi connectivity index (χ0) is 10.7. The van der Waals surface area contributed by atoms with Crippen molar-refractivity contribution in [1.82, 2.24) is 4.90 Å². The molecule has 0 aromatic carbocycles. The first kappa shape index (κ1) is 11.4. The molecule has 0 unspecified atom stereocenters. The van der Waals surface area contributed by atoms with Crippen LogP contribution >= 0.6 is 0 Å². The van der Waals surface area contributed by atoms with E-state index in [0.29, 0.717) is 5.54 Å². The molecule has 2 rings (SSSR count). The molecule has 0 aliphatic carbocycles. The van der Waals surface area contributed by atoms with Gasteiger partial charge in [0.1, 0.15) is 0 Å². The zero-order valence-electron chi connectivity index (χ0n) is 10.3. The molecule has 2 aliphatic rings. The molecule has 0 spiro atoms. The van der Waals surface area contributed by atoms with Crippen LogP contribution in [0.4, 0.5) is 0 Å². The SMILES string of the molecule is CCCCOC[C@@]12CCCN1C[C@H](C)C2. The molecule has 0 bridgehead atoms. The van der Waals surface area contributed by atoms with E-state index in [1.807, 2.05) is 0 Å². The normalized spacial score (nSPS) is 36.0. The molecule has 15 heavy (non-hydrogen) atoms. The summed E-state index contributed by atoms with van der Waals surface area (Å²) in [6.07, 6.45) is 6.56. The molecule has 2 fully saturated rings. The lowest BCUT2D eigenvalue weighted by Crippen LogP contribution is -2.42. The quantitative estimate of drug-likeness (QED) is 0.648. The van der Waals surface area contributed by atoms with Crippen molar-refractivity contribution in [3.8, 4) is 0 Å². The van der Waals surface area contributed by atoms with E-state index in [0.717, 1.165) is 19.1 Å². The van der Waals surface area contributed by atoms with E-state index in [9.17, 15) is 0 Å². The second-order valence-corrected chi connectivity index (χ2v) is 5.49. The van der Waals surface area contributed by atoms with Gasteiger partial charge in [-0.3, -0.25) is 4.90 Å². The first-order valence-electron chi connectivity index (χ1n) is 6.60. The minimum absolute atomic E-state index is 0.438. The molecule has 0 saturated carbocycles. The van der Waals surface area contributed by atoms with Crippen LogP contribution in [-0.2, 0) is 4.74 Å². The molecule has 2 heteroatoms. The third-order valence-electron chi connectivity index (χ3n) is 4.01. The predicted molar refractivity (Wildman–Crippen MR) is 63.0 cm³/mol. The Kier molecular flexibility index (Phi) is 3.68. The fourth-order valence-electron chi connectivity index (χ4n) is 3.33. The lowest BCUT2D eigenvalue weighted by molar-refractivity contribution is 0.0340. The summed E-state index contributed by atoms with van der Waals surface area (Å²) in [5.41, 5.74) is 0.438. The highest BCUT2D eigenvalue weighted by Gasteiger charge is 2.46. The van der Waals surface area contributed by atoms with Gasteiger partial charge in [0, 0.05) is 18.7 Å². The lowest BCUT2D eigenvalue weighted by atomic mass is 9.91. The fourth-order valence-corrected chi connectivity index (χ4v) is 3.33. The van der Waals surface area contributed by atoms with Gasteiger partial charge in [0.25, 0.3) is 0 Å². The zero-order valence-corrected chi connectivity index (χ0v) is 10.3. The van der Waals surface area contributed by atoms with Crippen molar-refractivity contribution in [2.45, 2.75) is 51.5 Å². The molecule has 0 radical (unpaired) electrons. The molecule has 0 aromatic rings. The van der Waals surface area contributed by atoms with Gasteiger partial charge < -0.3 is 4.74 Å². The molecular formula is C13H25NO. The maximum Gasteiger partial charge on any atom is 0.0650 e. The van der Waals surface area contributed by atoms with E-state index >= 15 is 0 Å². The van der Waals surface area contributed by atoms with E-state index in [1.54, 1.807) is 0 Å². The highest BCUT2D eigenvalue weighted by atomic mass is 16.5. The summed E-state index contributed by atoms with van der Waals surface area (Å²) >= 11 is 0. The Bertz CT molecular complexity index is 207. The third kappa shape index (κ3) is 2.36. The van der Waals surface area contributed by atoms with Crippen molar-refractivity contribution in [2.24, 2.45) is 5.92 Å². The average Bonchev–Trinajstić information content (AvgIpc) is 2.68. The Hall–Kier alpha value is -0.0800. The van der Waals surface area contributed by atoms with E-state index in [1.165, 1.54) is 45.2 Å². The van der Waals surface area contributed by atoms with Gasteiger partial charge in [-0.15, -0.1) is 0 Å². The number of unbranched alkanes of at least 4 members (excludes halogenated alkanes) is 1. The summed E-state index contributed by atoms with van der Waals surface area (Å²) in [5.74, 6) is 0.875. The van der Waals surface area contributed by atoms with Crippen LogP contribution in [-0.4, -0.2) is 36.7 Å². The average molecular weight is 211 g/mol. The van der Waals surface area contributed by atoms with Crippen LogP contribution in [0.25, 0.3) is 0 Å². The molecule has 88 valence electrons. The van der Waals surface area contributed by atoms with Gasteiger partial charge in [0.05, 0.1) is 6.61 Å². The monoisotopic (exact) mass is 211 g/mol. The molecule has 2 atom stereocenters. The number of ether oxygens (including phenoxy) is 1. The van der Waals surface area contributed by atoms with E-state index < -0.39 is 0 Å². The lowest BCUT2D eigenvalue weighted by Gasteiger charge is -2.31. The second kappa shape index (κ2) is 4.84. The van der Waals surface area contributed by atoms with Crippen molar-refractivity contribution in [3.05, 3.63) is 0 Å². The first-order chi connectivity index (χ1) is 7.27. The molecule has 2 aliphatic heterocycles. The molecule has 2 nitrogen and oxygen atoms in total. The van der Waals surface area contributed by atoms with Crippen LogP contribution < -0.4 is 0 Å².